The van der Waals surface area contributed by atoms with Gasteiger partial charge in [-0.2, -0.15) is 5.10 Å². The first kappa shape index (κ1) is 17.0. The minimum absolute atomic E-state index is 0.0504. The molecule has 1 aliphatic rings. The lowest BCUT2D eigenvalue weighted by Gasteiger charge is -2.24. The molecule has 0 radical (unpaired) electrons. The number of aryl methyl sites for hydroxylation is 1. The number of hydrogen-bond donors (Lipinski definition) is 2. The summed E-state index contributed by atoms with van der Waals surface area (Å²) >= 11 is 0. The second-order valence-electron chi connectivity index (χ2n) is 6.38. The molecule has 1 amide bonds. The quantitative estimate of drug-likeness (QED) is 0.794. The molecule has 1 fully saturated rings. The molecule has 2 atom stereocenters. The summed E-state index contributed by atoms with van der Waals surface area (Å²) in [6.45, 7) is 5.11. The standard InChI is InChI=1S/C17H29N3O2/c1-3-4-10-20-13(2)15(11-18-20)17(22)19-16-9-7-5-6-8-14(16)12-21/h11,14,16,21H,3-10,12H2,1-2H3,(H,19,22). The van der Waals surface area contributed by atoms with Crippen molar-refractivity contribution in [3.63, 3.8) is 0 Å². The van der Waals surface area contributed by atoms with Crippen molar-refractivity contribution in [2.45, 2.75) is 71.4 Å². The lowest BCUT2D eigenvalue weighted by molar-refractivity contribution is 0.0898. The normalized spacial score (nSPS) is 22.3. The Kier molecular flexibility index (Phi) is 6.43. The van der Waals surface area contributed by atoms with Gasteiger partial charge >= 0.3 is 0 Å². The minimum Gasteiger partial charge on any atom is -0.396 e. The van der Waals surface area contributed by atoms with Crippen molar-refractivity contribution >= 4 is 5.91 Å². The molecule has 0 aliphatic heterocycles. The van der Waals surface area contributed by atoms with Crippen LogP contribution in [0.5, 0.6) is 0 Å². The van der Waals surface area contributed by atoms with E-state index in [1.807, 2.05) is 11.6 Å². The Bertz CT molecular complexity index is 484. The molecule has 1 aromatic rings. The Hall–Kier alpha value is -1.36. The van der Waals surface area contributed by atoms with E-state index in [9.17, 15) is 9.90 Å². The van der Waals surface area contributed by atoms with Gasteiger partial charge in [-0.3, -0.25) is 9.48 Å². The first-order valence-corrected chi connectivity index (χ1v) is 8.61. The predicted molar refractivity (Wildman–Crippen MR) is 86.8 cm³/mol. The number of aromatic nitrogens is 2. The second-order valence-corrected chi connectivity index (χ2v) is 6.38. The fourth-order valence-electron chi connectivity index (χ4n) is 3.24. The van der Waals surface area contributed by atoms with E-state index in [0.717, 1.165) is 50.8 Å². The molecular formula is C17H29N3O2. The first-order valence-electron chi connectivity index (χ1n) is 8.61. The highest BCUT2D eigenvalue weighted by Crippen LogP contribution is 2.23. The van der Waals surface area contributed by atoms with Crippen molar-refractivity contribution in [3.05, 3.63) is 17.5 Å². The van der Waals surface area contributed by atoms with Crippen molar-refractivity contribution in [1.82, 2.24) is 15.1 Å². The molecular weight excluding hydrogens is 278 g/mol. The average molecular weight is 307 g/mol. The van der Waals surface area contributed by atoms with E-state index >= 15 is 0 Å². The van der Waals surface area contributed by atoms with Crippen LogP contribution in [0, 0.1) is 12.8 Å². The number of amides is 1. The molecule has 1 aliphatic carbocycles. The fraction of sp³-hybridized carbons (Fsp3) is 0.765. The van der Waals surface area contributed by atoms with Gasteiger partial charge in [-0.1, -0.05) is 32.6 Å². The van der Waals surface area contributed by atoms with E-state index in [2.05, 4.69) is 17.3 Å². The van der Waals surface area contributed by atoms with E-state index in [-0.39, 0.29) is 24.5 Å². The largest absolute Gasteiger partial charge is 0.396 e. The van der Waals surface area contributed by atoms with Gasteiger partial charge in [0.1, 0.15) is 0 Å². The van der Waals surface area contributed by atoms with Crippen molar-refractivity contribution < 1.29 is 9.90 Å². The van der Waals surface area contributed by atoms with Gasteiger partial charge in [-0.25, -0.2) is 0 Å². The van der Waals surface area contributed by atoms with Crippen LogP contribution in [0.25, 0.3) is 0 Å². The van der Waals surface area contributed by atoms with E-state index in [4.69, 9.17) is 0 Å². The Morgan fingerprint density at radius 3 is 2.91 bits per heavy atom. The summed E-state index contributed by atoms with van der Waals surface area (Å²) in [6, 6.07) is 0.0818. The first-order chi connectivity index (χ1) is 10.7. The van der Waals surface area contributed by atoms with Gasteiger partial charge in [0.25, 0.3) is 5.91 Å². The summed E-state index contributed by atoms with van der Waals surface area (Å²) in [5.74, 6) is 0.132. The van der Waals surface area contributed by atoms with Crippen molar-refractivity contribution in [3.8, 4) is 0 Å². The van der Waals surface area contributed by atoms with Crippen LogP contribution >= 0.6 is 0 Å². The molecule has 5 heteroatoms. The predicted octanol–water partition coefficient (Wildman–Crippen LogP) is 2.66. The number of hydrogen-bond acceptors (Lipinski definition) is 3. The van der Waals surface area contributed by atoms with Crippen LogP contribution in [0.1, 0.15) is 67.9 Å². The zero-order valence-corrected chi connectivity index (χ0v) is 13.8. The minimum atomic E-state index is -0.0504. The summed E-state index contributed by atoms with van der Waals surface area (Å²) in [4.78, 5) is 12.5. The van der Waals surface area contributed by atoms with Crippen LogP contribution in [0.15, 0.2) is 6.20 Å². The van der Waals surface area contributed by atoms with Crippen LogP contribution in [-0.4, -0.2) is 33.4 Å². The third-order valence-electron chi connectivity index (χ3n) is 4.78. The molecule has 124 valence electrons. The van der Waals surface area contributed by atoms with Crippen molar-refractivity contribution in [2.24, 2.45) is 5.92 Å². The van der Waals surface area contributed by atoms with Crippen molar-refractivity contribution in [1.29, 1.82) is 0 Å². The maximum absolute atomic E-state index is 12.5. The Labute approximate surface area is 133 Å². The molecule has 2 rings (SSSR count). The number of rotatable bonds is 6. The molecule has 22 heavy (non-hydrogen) atoms. The van der Waals surface area contributed by atoms with Crippen LogP contribution in [0.2, 0.25) is 0 Å². The molecule has 1 heterocycles. The molecule has 0 bridgehead atoms. The smallest absolute Gasteiger partial charge is 0.254 e. The second kappa shape index (κ2) is 8.32. The van der Waals surface area contributed by atoms with E-state index in [1.54, 1.807) is 6.20 Å². The number of nitrogens with one attached hydrogen (secondary N) is 1. The monoisotopic (exact) mass is 307 g/mol. The number of carbonyl (C=O) groups excluding carboxylic acids is 1. The fourth-order valence-corrected chi connectivity index (χ4v) is 3.24. The van der Waals surface area contributed by atoms with Crippen molar-refractivity contribution in [2.75, 3.05) is 6.61 Å². The number of unbranched alkanes of at least 4 members (excludes halogenated alkanes) is 1. The SMILES string of the molecule is CCCCn1ncc(C(=O)NC2CCCCCC2CO)c1C. The number of aliphatic hydroxyl groups excluding tert-OH is 1. The van der Waals surface area contributed by atoms with Gasteiger partial charge in [-0.05, 0) is 26.2 Å². The summed E-state index contributed by atoms with van der Waals surface area (Å²) < 4.78 is 1.91. The maximum Gasteiger partial charge on any atom is 0.254 e. The molecule has 0 spiro atoms. The number of aliphatic hydroxyl groups is 1. The Morgan fingerprint density at radius 1 is 1.41 bits per heavy atom. The van der Waals surface area contributed by atoms with Gasteiger partial charge in [-0.15, -0.1) is 0 Å². The maximum atomic E-state index is 12.5. The molecule has 2 N–H and O–H groups in total. The lowest BCUT2D eigenvalue weighted by Crippen LogP contribution is -2.41. The molecule has 0 saturated heterocycles. The van der Waals surface area contributed by atoms with E-state index in [1.165, 1.54) is 6.42 Å². The van der Waals surface area contributed by atoms with Gasteiger partial charge in [0, 0.05) is 30.8 Å². The Balaban J connectivity index is 2.03. The highest BCUT2D eigenvalue weighted by atomic mass is 16.3. The summed E-state index contributed by atoms with van der Waals surface area (Å²) in [5, 5.41) is 17.0. The Morgan fingerprint density at radius 2 is 2.18 bits per heavy atom. The molecule has 5 nitrogen and oxygen atoms in total. The lowest BCUT2D eigenvalue weighted by atomic mass is 9.95. The van der Waals surface area contributed by atoms with E-state index < -0.39 is 0 Å². The van der Waals surface area contributed by atoms with Crippen LogP contribution in [0.4, 0.5) is 0 Å². The van der Waals surface area contributed by atoms with Gasteiger partial charge < -0.3 is 10.4 Å². The van der Waals surface area contributed by atoms with Crippen LogP contribution < -0.4 is 5.32 Å². The highest BCUT2D eigenvalue weighted by molar-refractivity contribution is 5.95. The third kappa shape index (κ3) is 4.09. The molecule has 1 aromatic heterocycles. The number of carbonyl (C=O) groups is 1. The average Bonchev–Trinajstić information content (AvgIpc) is 2.73. The zero-order chi connectivity index (χ0) is 15.9. The third-order valence-corrected chi connectivity index (χ3v) is 4.78. The number of nitrogens with zero attached hydrogens (tertiary/aromatic N) is 2. The zero-order valence-electron chi connectivity index (χ0n) is 13.8. The molecule has 0 aromatic carbocycles. The molecule has 2 unspecified atom stereocenters. The topological polar surface area (TPSA) is 67.2 Å². The van der Waals surface area contributed by atoms with Crippen LogP contribution in [-0.2, 0) is 6.54 Å². The van der Waals surface area contributed by atoms with Crippen LogP contribution in [0.3, 0.4) is 0 Å². The summed E-state index contributed by atoms with van der Waals surface area (Å²) in [7, 11) is 0. The summed E-state index contributed by atoms with van der Waals surface area (Å²) in [5.41, 5.74) is 1.59. The van der Waals surface area contributed by atoms with Gasteiger partial charge in [0.05, 0.1) is 11.8 Å². The molecule has 1 saturated carbocycles. The van der Waals surface area contributed by atoms with Gasteiger partial charge in [0.2, 0.25) is 0 Å². The van der Waals surface area contributed by atoms with Gasteiger partial charge in [0.15, 0.2) is 0 Å². The van der Waals surface area contributed by atoms with E-state index in [0.29, 0.717) is 5.56 Å². The summed E-state index contributed by atoms with van der Waals surface area (Å²) in [6.07, 6.45) is 9.26. The highest BCUT2D eigenvalue weighted by Gasteiger charge is 2.26.